The summed E-state index contributed by atoms with van der Waals surface area (Å²) < 4.78 is 12.3. The summed E-state index contributed by atoms with van der Waals surface area (Å²) >= 11 is 0. The largest absolute Gasteiger partial charge is 1.00 e. The first kappa shape index (κ1) is 38.0. The Bertz CT molecular complexity index is 793. The van der Waals surface area contributed by atoms with Gasteiger partial charge in [0.25, 0.3) is 0 Å². The summed E-state index contributed by atoms with van der Waals surface area (Å²) in [6.07, 6.45) is 4.58. The molecule has 1 fully saturated rings. The molecule has 0 aromatic heterocycles. The minimum Gasteiger partial charge on any atom is -0.857 e. The van der Waals surface area contributed by atoms with Gasteiger partial charge in [-0.25, -0.2) is 4.39 Å². The molecular weight excluding hydrogens is 498 g/mol. The smallest absolute Gasteiger partial charge is 0.857 e. The van der Waals surface area contributed by atoms with E-state index in [0.29, 0.717) is 0 Å². The summed E-state index contributed by atoms with van der Waals surface area (Å²) in [5, 5.41) is 20.4. The fraction of sp³-hybridized carbons (Fsp3) is 0.464. The third-order valence-electron chi connectivity index (χ3n) is 5.07. The van der Waals surface area contributed by atoms with Gasteiger partial charge in [-0.3, -0.25) is 4.79 Å². The summed E-state index contributed by atoms with van der Waals surface area (Å²) in [6.45, 7) is 11.8. The molecule has 0 saturated carbocycles. The first-order valence-corrected chi connectivity index (χ1v) is 12.2. The van der Waals surface area contributed by atoms with E-state index in [1.165, 1.54) is 17.7 Å². The number of phenols is 1. The van der Waals surface area contributed by atoms with E-state index in [2.05, 4.69) is 54.2 Å². The first-order valence-electron chi connectivity index (χ1n) is 12.2. The van der Waals surface area contributed by atoms with Crippen LogP contribution in [0.25, 0.3) is 0 Å². The van der Waals surface area contributed by atoms with Gasteiger partial charge in [-0.1, -0.05) is 36.4 Å². The van der Waals surface area contributed by atoms with E-state index in [4.69, 9.17) is 15.9 Å². The number of amides is 1. The van der Waals surface area contributed by atoms with Gasteiger partial charge >= 0.3 is 51.4 Å². The normalized spacial score (nSPS) is 11.8. The molecule has 0 aliphatic carbocycles. The zero-order chi connectivity index (χ0) is 27.2. The molecule has 3 rings (SSSR count). The van der Waals surface area contributed by atoms with Gasteiger partial charge in [0.2, 0.25) is 5.91 Å². The van der Waals surface area contributed by atoms with Crippen LogP contribution in [0.1, 0.15) is 30.4 Å². The van der Waals surface area contributed by atoms with Crippen LogP contribution in [0.4, 0.5) is 4.39 Å². The van der Waals surface area contributed by atoms with Gasteiger partial charge in [0, 0.05) is 45.2 Å². The molecule has 4 N–H and O–H groups in total. The number of benzene rings is 2. The summed E-state index contributed by atoms with van der Waals surface area (Å²) in [5.74, 6) is -0.144. The summed E-state index contributed by atoms with van der Waals surface area (Å²) in [7, 11) is 2.90. The van der Waals surface area contributed by atoms with Crippen LogP contribution in [0.3, 0.4) is 0 Å². The van der Waals surface area contributed by atoms with Crippen LogP contribution >= 0.6 is 0 Å². The number of hydrogen-bond acceptors (Lipinski definition) is 6. The van der Waals surface area contributed by atoms with Crippen LogP contribution in [0, 0.1) is 12.7 Å². The average molecular weight is 543 g/mol. The Morgan fingerprint density at radius 2 is 1.89 bits per heavy atom. The molecule has 0 spiro atoms. The summed E-state index contributed by atoms with van der Waals surface area (Å²) in [4.78, 5) is 15.0. The number of carbonyl (C=O) groups excluding carboxylic acids is 1. The van der Waals surface area contributed by atoms with Crippen molar-refractivity contribution in [1.29, 1.82) is 0 Å². The van der Waals surface area contributed by atoms with E-state index in [1.54, 1.807) is 13.0 Å². The van der Waals surface area contributed by atoms with Crippen molar-refractivity contribution < 1.29 is 70.8 Å². The Kier molecular flexibility index (Phi) is 25.8. The van der Waals surface area contributed by atoms with Gasteiger partial charge in [0.15, 0.2) is 0 Å². The summed E-state index contributed by atoms with van der Waals surface area (Å²) in [6, 6.07) is 14.5. The molecule has 202 valence electrons. The number of nitrogens with one attached hydrogen (secondary N) is 1. The maximum absolute atomic E-state index is 12.3. The molecule has 2 aromatic carbocycles. The van der Waals surface area contributed by atoms with E-state index in [9.17, 15) is 9.18 Å². The number of nitrogens with zero attached hydrogens (tertiary/aromatic N) is 2. The van der Waals surface area contributed by atoms with Gasteiger partial charge in [0.1, 0.15) is 11.6 Å². The van der Waals surface area contributed by atoms with Crippen LogP contribution < -0.4 is 67.5 Å². The van der Waals surface area contributed by atoms with Crippen molar-refractivity contribution >= 4 is 5.91 Å². The molecule has 0 atom stereocenters. The second-order valence-corrected chi connectivity index (χ2v) is 8.33. The molecular formula is C28H44FKN4O3. The predicted molar refractivity (Wildman–Crippen MR) is 144 cm³/mol. The van der Waals surface area contributed by atoms with Crippen molar-refractivity contribution in [1.82, 2.24) is 15.1 Å². The number of hydrogen-bond donors (Lipinski definition) is 3. The number of aromatic hydroxyl groups is 1. The van der Waals surface area contributed by atoms with E-state index >= 15 is 0 Å². The number of carbonyl (C=O) groups is 1. The van der Waals surface area contributed by atoms with Crippen LogP contribution in [-0.2, 0) is 11.3 Å². The Morgan fingerprint density at radius 3 is 2.41 bits per heavy atom. The van der Waals surface area contributed by atoms with Gasteiger partial charge in [-0.2, -0.15) is 7.11 Å². The number of likely N-dealkylation sites (N-methyl/N-ethyl adjacent to an activating group) is 1. The maximum Gasteiger partial charge on any atom is 1.00 e. The average Bonchev–Trinajstić information content (AvgIpc) is 3.25. The maximum atomic E-state index is 12.3. The molecule has 0 bridgehead atoms. The van der Waals surface area contributed by atoms with Crippen LogP contribution in [-0.4, -0.2) is 74.2 Å². The molecule has 7 nitrogen and oxygen atoms in total. The van der Waals surface area contributed by atoms with Gasteiger partial charge in [-0.15, -0.1) is 6.58 Å². The van der Waals surface area contributed by atoms with Crippen molar-refractivity contribution in [2.45, 2.75) is 32.7 Å². The van der Waals surface area contributed by atoms with Crippen molar-refractivity contribution in [3.63, 3.8) is 0 Å². The zero-order valence-electron chi connectivity index (χ0n) is 23.1. The van der Waals surface area contributed by atoms with Crippen LogP contribution in [0.15, 0.2) is 61.2 Å². The molecule has 1 aliphatic rings. The number of likely N-dealkylation sites (tertiary alicyclic amines) is 1. The summed E-state index contributed by atoms with van der Waals surface area (Å²) in [5.41, 5.74) is 7.52. The minimum absolute atomic E-state index is 0. The van der Waals surface area contributed by atoms with E-state index in [-0.39, 0.29) is 63.0 Å². The topological polar surface area (TPSA) is 105 Å². The molecule has 0 unspecified atom stereocenters. The predicted octanol–water partition coefficient (Wildman–Crippen LogP) is -0.328. The van der Waals surface area contributed by atoms with Gasteiger partial charge in [-0.05, 0) is 63.2 Å². The minimum atomic E-state index is -0.396. The van der Waals surface area contributed by atoms with Gasteiger partial charge in [0.05, 0.1) is 0 Å². The second-order valence-electron chi connectivity index (χ2n) is 8.33. The van der Waals surface area contributed by atoms with Gasteiger partial charge < -0.3 is 31.1 Å². The quantitative estimate of drug-likeness (QED) is 0.216. The van der Waals surface area contributed by atoms with Crippen molar-refractivity contribution in [3.05, 3.63) is 78.1 Å². The molecule has 2 aromatic rings. The van der Waals surface area contributed by atoms with Crippen molar-refractivity contribution in [2.75, 3.05) is 53.4 Å². The van der Waals surface area contributed by atoms with Crippen molar-refractivity contribution in [3.8, 4) is 5.75 Å². The Hall–Kier alpha value is -1.14. The molecule has 9 heteroatoms. The third kappa shape index (κ3) is 20.5. The molecule has 0 radical (unpaired) electrons. The SMILES string of the molecule is C=CCN1CCCC1=O.CN(CCNCCCN)Cc1ccccc1.C[O-].Cc1cc(O)cc(F)c1.[K+]. The molecule has 1 amide bonds. The van der Waals surface area contributed by atoms with Crippen LogP contribution in [0.5, 0.6) is 5.75 Å². The van der Waals surface area contributed by atoms with E-state index in [0.717, 1.165) is 83.8 Å². The number of aryl methyl sites for hydroxylation is 1. The Labute approximate surface area is 265 Å². The van der Waals surface area contributed by atoms with E-state index in [1.807, 2.05) is 4.90 Å². The molecule has 1 heterocycles. The number of phenolic OH excluding ortho intramolecular Hbond substituents is 1. The standard InChI is InChI=1S/C13H23N3.C7H7FO.C7H11NO.CH3O.K/c1-16(11-10-15-9-5-8-14)12-13-6-3-2-4-7-13;1-5-2-6(8)4-7(9)3-5;1-2-5-8-6-3-4-7(8)9;1-2;/h2-4,6-7,15H,5,8-12,14H2,1H3;2-4,9H,1H3;2H,1,3-6H2;1H3;/q;;;-1;+1. The number of nitrogens with two attached hydrogens (primary N) is 1. The van der Waals surface area contributed by atoms with Crippen molar-refractivity contribution in [2.24, 2.45) is 5.73 Å². The fourth-order valence-electron chi connectivity index (χ4n) is 3.37. The second kappa shape index (κ2) is 25.2. The number of rotatable bonds is 10. The monoisotopic (exact) mass is 542 g/mol. The van der Waals surface area contributed by atoms with Crippen LogP contribution in [0.2, 0.25) is 0 Å². The van der Waals surface area contributed by atoms with E-state index < -0.39 is 5.82 Å². The third-order valence-corrected chi connectivity index (χ3v) is 5.07. The Balaban J connectivity index is 0. The fourth-order valence-corrected chi connectivity index (χ4v) is 3.37. The first-order chi connectivity index (χ1) is 17.3. The number of halogens is 1. The Morgan fingerprint density at radius 1 is 1.22 bits per heavy atom. The molecule has 1 aliphatic heterocycles. The molecule has 1 saturated heterocycles. The zero-order valence-corrected chi connectivity index (χ0v) is 26.2. The molecule has 37 heavy (non-hydrogen) atoms.